The van der Waals surface area contributed by atoms with Crippen molar-refractivity contribution in [2.45, 2.75) is 32.9 Å². The number of H-pyrrole nitrogens is 1. The summed E-state index contributed by atoms with van der Waals surface area (Å²) < 4.78 is 7.33. The lowest BCUT2D eigenvalue weighted by Crippen LogP contribution is -2.29. The quantitative estimate of drug-likeness (QED) is 0.199. The number of thiocarbonyl (C=S) groups is 1. The van der Waals surface area contributed by atoms with Crippen molar-refractivity contribution in [1.29, 1.82) is 0 Å². The number of aromatic amines is 1. The first-order valence-electron chi connectivity index (χ1n) is 11.1. The molecule has 0 bridgehead atoms. The minimum atomic E-state index is -0.0704. The summed E-state index contributed by atoms with van der Waals surface area (Å²) in [7, 11) is 0. The van der Waals surface area contributed by atoms with Crippen LogP contribution < -0.4 is 15.0 Å². The summed E-state index contributed by atoms with van der Waals surface area (Å²) in [5.41, 5.74) is 6.61. The summed E-state index contributed by atoms with van der Waals surface area (Å²) in [6, 6.07) is 22.0. The normalized spacial score (nSPS) is 17.6. The zero-order valence-electron chi connectivity index (χ0n) is 19.2. The van der Waals surface area contributed by atoms with Gasteiger partial charge in [0.1, 0.15) is 11.5 Å². The largest absolute Gasteiger partial charge is 0.457 e. The molecular weight excluding hydrogens is 555 g/mol. The maximum Gasteiger partial charge on any atom is 0.174 e. The number of benzene rings is 2. The molecule has 2 atom stereocenters. The molecule has 1 saturated heterocycles. The van der Waals surface area contributed by atoms with Crippen LogP contribution in [0.3, 0.4) is 0 Å². The van der Waals surface area contributed by atoms with E-state index in [-0.39, 0.29) is 12.1 Å². The fourth-order valence-electron chi connectivity index (χ4n) is 4.52. The average molecular weight is 580 g/mol. The molecular formula is C27H25IN4OS. The van der Waals surface area contributed by atoms with Crippen LogP contribution in [0.15, 0.2) is 72.9 Å². The topological polar surface area (TPSA) is 53.2 Å². The number of anilines is 1. The van der Waals surface area contributed by atoms with Gasteiger partial charge in [0.15, 0.2) is 5.11 Å². The van der Waals surface area contributed by atoms with Crippen molar-refractivity contribution in [3.05, 3.63) is 105 Å². The Balaban J connectivity index is 1.53. The van der Waals surface area contributed by atoms with E-state index < -0.39 is 0 Å². The molecule has 5 rings (SSSR count). The summed E-state index contributed by atoms with van der Waals surface area (Å²) in [6.45, 7) is 6.28. The van der Waals surface area contributed by atoms with E-state index in [0.29, 0.717) is 5.11 Å². The Bertz CT molecular complexity index is 1340. The molecule has 1 aliphatic heterocycles. The molecule has 0 amide bonds. The molecule has 2 aromatic carbocycles. The summed E-state index contributed by atoms with van der Waals surface area (Å²) in [5, 5.41) is 4.22. The highest BCUT2D eigenvalue weighted by Gasteiger charge is 2.43. The highest BCUT2D eigenvalue weighted by Crippen LogP contribution is 2.45. The SMILES string of the molecule is Cc1ccccc1Oc1ccc(N2C(=S)N[C@H](c3ccccn3)[C@@H]2c2c(C)[nH]c(C)c2I)cc1. The van der Waals surface area contributed by atoms with E-state index in [1.54, 1.807) is 0 Å². The summed E-state index contributed by atoms with van der Waals surface area (Å²) in [6.07, 6.45) is 1.83. The van der Waals surface area contributed by atoms with Gasteiger partial charge in [-0.2, -0.15) is 0 Å². The number of aryl methyl sites for hydroxylation is 3. The summed E-state index contributed by atoms with van der Waals surface area (Å²) in [5.74, 6) is 1.65. The number of para-hydroxylation sites is 1. The number of nitrogens with one attached hydrogen (secondary N) is 2. The Morgan fingerprint density at radius 3 is 2.32 bits per heavy atom. The van der Waals surface area contributed by atoms with Gasteiger partial charge in [-0.25, -0.2) is 0 Å². The molecule has 0 unspecified atom stereocenters. The third-order valence-electron chi connectivity index (χ3n) is 6.17. The van der Waals surface area contributed by atoms with E-state index in [2.05, 4.69) is 74.8 Å². The van der Waals surface area contributed by atoms with Crippen molar-refractivity contribution in [1.82, 2.24) is 15.3 Å². The zero-order chi connectivity index (χ0) is 23.8. The third kappa shape index (κ3) is 4.18. The average Bonchev–Trinajstić information content (AvgIpc) is 3.30. The maximum absolute atomic E-state index is 6.11. The Labute approximate surface area is 218 Å². The molecule has 1 aliphatic rings. The Hall–Kier alpha value is -2.91. The van der Waals surface area contributed by atoms with Gasteiger partial charge < -0.3 is 19.9 Å². The molecule has 34 heavy (non-hydrogen) atoms. The Morgan fingerprint density at radius 1 is 0.941 bits per heavy atom. The molecule has 2 aromatic heterocycles. The summed E-state index contributed by atoms with van der Waals surface area (Å²) >= 11 is 8.30. The lowest BCUT2D eigenvalue weighted by Gasteiger charge is -2.28. The fourth-order valence-corrected chi connectivity index (χ4v) is 5.72. The van der Waals surface area contributed by atoms with Crippen LogP contribution in [0.4, 0.5) is 5.69 Å². The van der Waals surface area contributed by atoms with Crippen LogP contribution in [0, 0.1) is 24.3 Å². The molecule has 4 aromatic rings. The van der Waals surface area contributed by atoms with Gasteiger partial charge in [-0.3, -0.25) is 4.98 Å². The Kier molecular flexibility index (Phi) is 6.31. The van der Waals surface area contributed by atoms with Gasteiger partial charge in [-0.05, 0) is 104 Å². The van der Waals surface area contributed by atoms with Gasteiger partial charge in [-0.1, -0.05) is 24.3 Å². The maximum atomic E-state index is 6.11. The van der Waals surface area contributed by atoms with Crippen LogP contribution in [0.25, 0.3) is 0 Å². The zero-order valence-corrected chi connectivity index (χ0v) is 22.1. The van der Waals surface area contributed by atoms with Gasteiger partial charge in [-0.15, -0.1) is 0 Å². The molecule has 0 saturated carbocycles. The van der Waals surface area contributed by atoms with Crippen LogP contribution in [0.5, 0.6) is 11.5 Å². The first-order chi connectivity index (χ1) is 16.4. The minimum Gasteiger partial charge on any atom is -0.457 e. The van der Waals surface area contributed by atoms with E-state index in [0.717, 1.165) is 39.8 Å². The predicted molar refractivity (Wildman–Crippen MR) is 149 cm³/mol. The number of hydrogen-bond donors (Lipinski definition) is 2. The number of nitrogens with zero attached hydrogens (tertiary/aromatic N) is 2. The lowest BCUT2D eigenvalue weighted by atomic mass is 9.96. The molecule has 1 fully saturated rings. The highest BCUT2D eigenvalue weighted by atomic mass is 127. The first-order valence-corrected chi connectivity index (χ1v) is 12.6. The number of aromatic nitrogens is 2. The van der Waals surface area contributed by atoms with Gasteiger partial charge in [0.05, 0.1) is 17.8 Å². The number of halogens is 1. The number of ether oxygens (including phenoxy) is 1. The smallest absolute Gasteiger partial charge is 0.174 e. The van der Waals surface area contributed by atoms with Crippen molar-refractivity contribution in [3.8, 4) is 11.5 Å². The number of hydrogen-bond acceptors (Lipinski definition) is 3. The van der Waals surface area contributed by atoms with Crippen molar-refractivity contribution in [3.63, 3.8) is 0 Å². The molecule has 2 N–H and O–H groups in total. The van der Waals surface area contributed by atoms with Gasteiger partial charge >= 0.3 is 0 Å². The summed E-state index contributed by atoms with van der Waals surface area (Å²) in [4.78, 5) is 10.4. The predicted octanol–water partition coefficient (Wildman–Crippen LogP) is 6.91. The van der Waals surface area contributed by atoms with Crippen LogP contribution in [0.1, 0.15) is 40.3 Å². The monoisotopic (exact) mass is 580 g/mol. The van der Waals surface area contributed by atoms with Gasteiger partial charge in [0, 0.05) is 32.4 Å². The third-order valence-corrected chi connectivity index (χ3v) is 7.88. The van der Waals surface area contributed by atoms with E-state index in [1.165, 1.54) is 9.13 Å². The highest BCUT2D eigenvalue weighted by molar-refractivity contribution is 14.1. The van der Waals surface area contributed by atoms with Crippen LogP contribution >= 0.6 is 34.8 Å². The second kappa shape index (κ2) is 9.38. The number of rotatable bonds is 5. The lowest BCUT2D eigenvalue weighted by molar-refractivity contribution is 0.479. The van der Waals surface area contributed by atoms with Crippen molar-refractivity contribution < 1.29 is 4.74 Å². The standard InChI is InChI=1S/C27H25IN4OS/c1-16-8-4-5-10-22(16)33-20-13-11-19(12-14-20)32-26(23-17(2)30-18(3)24(23)28)25(31-27(32)34)21-9-6-7-15-29-21/h4-15,25-26,30H,1-3H3,(H,31,34)/t25-,26+/m1/s1. The molecule has 0 radical (unpaired) electrons. The minimum absolute atomic E-state index is 0.0395. The van der Waals surface area contributed by atoms with Crippen LogP contribution in [-0.4, -0.2) is 15.1 Å². The second-order valence-corrected chi connectivity index (χ2v) is 9.93. The van der Waals surface area contributed by atoms with Crippen LogP contribution in [-0.2, 0) is 0 Å². The molecule has 7 heteroatoms. The van der Waals surface area contributed by atoms with E-state index >= 15 is 0 Å². The van der Waals surface area contributed by atoms with E-state index in [9.17, 15) is 0 Å². The molecule has 5 nitrogen and oxygen atoms in total. The van der Waals surface area contributed by atoms with Crippen LogP contribution in [0.2, 0.25) is 0 Å². The molecule has 3 heterocycles. The second-order valence-electron chi connectivity index (χ2n) is 8.46. The van der Waals surface area contributed by atoms with E-state index in [4.69, 9.17) is 17.0 Å². The van der Waals surface area contributed by atoms with Crippen molar-refractivity contribution in [2.24, 2.45) is 0 Å². The fraction of sp³-hybridized carbons (Fsp3) is 0.185. The molecule has 172 valence electrons. The van der Waals surface area contributed by atoms with Crippen molar-refractivity contribution in [2.75, 3.05) is 4.90 Å². The first kappa shape index (κ1) is 22.9. The molecule has 0 aliphatic carbocycles. The Morgan fingerprint density at radius 2 is 1.68 bits per heavy atom. The van der Waals surface area contributed by atoms with Crippen molar-refractivity contribution >= 4 is 45.6 Å². The van der Waals surface area contributed by atoms with Gasteiger partial charge in [0.25, 0.3) is 0 Å². The number of pyridine rings is 1. The molecule has 0 spiro atoms. The van der Waals surface area contributed by atoms with Gasteiger partial charge in [0.2, 0.25) is 0 Å². The van der Waals surface area contributed by atoms with E-state index in [1.807, 2.05) is 61.7 Å².